The van der Waals surface area contributed by atoms with Gasteiger partial charge in [-0.05, 0) is 25.7 Å². The van der Waals surface area contributed by atoms with E-state index < -0.39 is 29.8 Å². The average Bonchev–Trinajstić information content (AvgIpc) is 3.83. The maximum Gasteiger partial charge on any atom is 0.306 e. The van der Waals surface area contributed by atoms with Crippen LogP contribution in [0.5, 0.6) is 0 Å². The number of aromatic amines is 1. The quantitative estimate of drug-likeness (QED) is 0.0399. The Kier molecular flexibility index (Phi) is 38.8. The van der Waals surface area contributed by atoms with Crippen LogP contribution in [0.4, 0.5) is 0 Å². The smallest absolute Gasteiger partial charge is 0.306 e. The highest BCUT2D eigenvalue weighted by molar-refractivity contribution is 5.88. The Bertz CT molecular complexity index is 1510. The number of ketones is 2. The minimum Gasteiger partial charge on any atom is -0.481 e. The van der Waals surface area contributed by atoms with E-state index in [-0.39, 0.29) is 135 Å². The molecule has 0 bridgehead atoms. The molecule has 1 heterocycles. The number of nitrogens with one attached hydrogen (secondary N) is 4. The molecule has 0 fully saturated rings. The highest BCUT2D eigenvalue weighted by atomic mass is 16.5. The number of hydrogen-bond acceptors (Lipinski definition) is 13. The molecule has 0 unspecified atom stereocenters. The summed E-state index contributed by atoms with van der Waals surface area (Å²) in [5, 5.41) is 27.2. The molecule has 0 aliphatic rings. The number of aromatic nitrogens is 2. The molecule has 0 aliphatic heterocycles. The van der Waals surface area contributed by atoms with E-state index in [4.69, 9.17) is 24.7 Å². The van der Waals surface area contributed by atoms with Crippen LogP contribution in [0.1, 0.15) is 162 Å². The number of carboxylic acids is 2. The van der Waals surface area contributed by atoms with Crippen LogP contribution in [0.3, 0.4) is 0 Å². The number of ether oxygens (including phenoxy) is 4. The molecule has 1 aromatic rings. The molecule has 8 N–H and O–H groups in total. The van der Waals surface area contributed by atoms with E-state index in [1.807, 2.05) is 0 Å². The van der Waals surface area contributed by atoms with Crippen molar-refractivity contribution in [1.29, 1.82) is 0 Å². The van der Waals surface area contributed by atoms with Gasteiger partial charge in [0.2, 0.25) is 17.7 Å². The lowest BCUT2D eigenvalue weighted by atomic mass is 9.92. The Hall–Kier alpha value is -4.30. The van der Waals surface area contributed by atoms with E-state index >= 15 is 0 Å². The Balaban J connectivity index is 0.0000462. The third-order valence-corrected chi connectivity index (χ3v) is 11.5. The molecule has 392 valence electrons. The number of aliphatic carboxylic acids is 2. The van der Waals surface area contributed by atoms with Gasteiger partial charge in [-0.3, -0.25) is 33.6 Å². The summed E-state index contributed by atoms with van der Waals surface area (Å²) in [7, 11) is 0. The lowest BCUT2D eigenvalue weighted by Gasteiger charge is -2.15. The normalized spacial score (nSPS) is 12.6. The van der Waals surface area contributed by atoms with Gasteiger partial charge in [0.15, 0.2) is 5.78 Å². The van der Waals surface area contributed by atoms with Gasteiger partial charge in [0, 0.05) is 65.1 Å². The van der Waals surface area contributed by atoms with Gasteiger partial charge in [-0.25, -0.2) is 4.98 Å². The van der Waals surface area contributed by atoms with Gasteiger partial charge >= 0.3 is 11.9 Å². The predicted molar refractivity (Wildman–Crippen MR) is 259 cm³/mol. The minimum absolute atomic E-state index is 0. The number of Topliss-reactive ketones (excluding diaryl/α,β-unsaturated/α-hetero) is 2. The lowest BCUT2D eigenvalue weighted by Crippen LogP contribution is -2.35. The van der Waals surface area contributed by atoms with Gasteiger partial charge < -0.3 is 55.8 Å². The number of nitrogens with two attached hydrogens (primary N) is 1. The molecule has 1 rings (SSSR count). The summed E-state index contributed by atoms with van der Waals surface area (Å²) in [6.07, 6.45) is 23.5. The van der Waals surface area contributed by atoms with Crippen molar-refractivity contribution >= 4 is 41.2 Å². The molecule has 19 nitrogen and oxygen atoms in total. The maximum atomic E-state index is 12.5. The van der Waals surface area contributed by atoms with E-state index in [1.54, 1.807) is 6.20 Å². The number of unbranched alkanes of at least 4 members (excludes halogenated alkanes) is 15. The molecule has 3 amide bonds. The first-order valence-electron chi connectivity index (χ1n) is 25.3. The minimum atomic E-state index is -1.06. The van der Waals surface area contributed by atoms with Crippen LogP contribution in [0, 0.1) is 11.8 Å². The van der Waals surface area contributed by atoms with Crippen molar-refractivity contribution in [1.82, 2.24) is 25.9 Å². The van der Waals surface area contributed by atoms with E-state index in [9.17, 15) is 43.8 Å². The Morgan fingerprint density at radius 3 is 1.59 bits per heavy atom. The van der Waals surface area contributed by atoms with Crippen molar-refractivity contribution in [3.63, 3.8) is 0 Å². The number of nitrogens with zero attached hydrogens (tertiary/aromatic N) is 1. The zero-order valence-electron chi connectivity index (χ0n) is 41.0. The zero-order valence-corrected chi connectivity index (χ0v) is 41.0. The summed E-state index contributed by atoms with van der Waals surface area (Å²) in [4.78, 5) is 91.3. The SMILES string of the molecule is CCCCCCCCCCCCCCCCCC(=O)C[C@@H](CCC(=O)NCCOCCOCC(=O)NCCOCCOCC(=O)NCCCC[C@H](CC(=O)[C@@H](N)Cc1cnc[nH]1)C(=O)O)C(=O)O.[HH]. The topological polar surface area (TPSA) is 288 Å². The van der Waals surface area contributed by atoms with E-state index in [2.05, 4.69) is 32.8 Å². The first-order valence-corrected chi connectivity index (χ1v) is 25.3. The van der Waals surface area contributed by atoms with Crippen LogP contribution in [-0.2, 0) is 58.9 Å². The zero-order chi connectivity index (χ0) is 49.9. The van der Waals surface area contributed by atoms with Crippen molar-refractivity contribution in [2.24, 2.45) is 17.6 Å². The van der Waals surface area contributed by atoms with E-state index in [0.717, 1.165) is 19.3 Å². The fourth-order valence-electron chi connectivity index (χ4n) is 7.37. The molecular weight excluding hydrogens is 881 g/mol. The Morgan fingerprint density at radius 2 is 1.07 bits per heavy atom. The second-order valence-corrected chi connectivity index (χ2v) is 17.5. The lowest BCUT2D eigenvalue weighted by molar-refractivity contribution is -0.144. The van der Waals surface area contributed by atoms with Crippen molar-refractivity contribution in [2.75, 3.05) is 72.5 Å². The van der Waals surface area contributed by atoms with Crippen LogP contribution < -0.4 is 21.7 Å². The third-order valence-electron chi connectivity index (χ3n) is 11.5. The summed E-state index contributed by atoms with van der Waals surface area (Å²) in [5.41, 5.74) is 6.64. The first kappa shape index (κ1) is 61.7. The van der Waals surface area contributed by atoms with E-state index in [0.29, 0.717) is 31.5 Å². The maximum absolute atomic E-state index is 12.5. The molecule has 0 radical (unpaired) electrons. The highest BCUT2D eigenvalue weighted by Crippen LogP contribution is 2.18. The number of carboxylic acid groups (broad SMARTS) is 2. The Labute approximate surface area is 405 Å². The molecule has 3 atom stereocenters. The molecule has 1 aromatic heterocycles. The van der Waals surface area contributed by atoms with Gasteiger partial charge in [0.1, 0.15) is 19.0 Å². The average molecular weight is 969 g/mol. The van der Waals surface area contributed by atoms with Gasteiger partial charge in [0.25, 0.3) is 0 Å². The molecule has 0 saturated heterocycles. The number of carbonyl (C=O) groups excluding carboxylic acids is 5. The second kappa shape index (κ2) is 42.8. The first-order chi connectivity index (χ1) is 32.9. The van der Waals surface area contributed by atoms with Crippen LogP contribution in [-0.4, -0.2) is 140 Å². The monoisotopic (exact) mass is 969 g/mol. The summed E-state index contributed by atoms with van der Waals surface area (Å²) < 4.78 is 21.4. The second-order valence-electron chi connectivity index (χ2n) is 17.5. The number of imidazole rings is 1. The van der Waals surface area contributed by atoms with Crippen molar-refractivity contribution in [2.45, 2.75) is 167 Å². The van der Waals surface area contributed by atoms with Crippen molar-refractivity contribution in [3.05, 3.63) is 18.2 Å². The van der Waals surface area contributed by atoms with Crippen LogP contribution in [0.25, 0.3) is 0 Å². The van der Waals surface area contributed by atoms with Crippen LogP contribution in [0.2, 0.25) is 0 Å². The third kappa shape index (κ3) is 36.7. The molecule has 0 aromatic carbocycles. The number of carbonyl (C=O) groups is 7. The van der Waals surface area contributed by atoms with Crippen LogP contribution in [0.15, 0.2) is 12.5 Å². The number of hydrogen-bond donors (Lipinski definition) is 7. The van der Waals surface area contributed by atoms with E-state index in [1.165, 1.54) is 83.4 Å². The summed E-state index contributed by atoms with van der Waals surface area (Å²) >= 11 is 0. The van der Waals surface area contributed by atoms with Crippen molar-refractivity contribution < 1.29 is 64.1 Å². The largest absolute Gasteiger partial charge is 0.481 e. The van der Waals surface area contributed by atoms with Gasteiger partial charge in [-0.2, -0.15) is 0 Å². The summed E-state index contributed by atoms with van der Waals surface area (Å²) in [5.74, 6) is -5.23. The fourth-order valence-corrected chi connectivity index (χ4v) is 7.37. The number of amides is 3. The van der Waals surface area contributed by atoms with Gasteiger partial charge in [0.05, 0.1) is 63.8 Å². The van der Waals surface area contributed by atoms with Crippen molar-refractivity contribution in [3.8, 4) is 0 Å². The molecule has 68 heavy (non-hydrogen) atoms. The van der Waals surface area contributed by atoms with Gasteiger partial charge in [-0.1, -0.05) is 103 Å². The molecule has 0 saturated carbocycles. The molecule has 0 spiro atoms. The standard InChI is InChI=1S/C49H86N6O13.H2/c1-2-3-4-5-6-7-8-9-10-11-12-13-14-15-16-20-42(56)32-40(49(63)64)21-22-45(58)53-24-26-65-28-31-68-37-47(60)54-25-27-66-29-30-67-36-46(59)52-23-18-17-19-39(48(61)62)33-44(57)43(50)34-41-35-51-38-55-41;/h35,38-40,43H,2-34,36-37,50H2,1H3,(H,51,55)(H,52,59)(H,53,58)(H,54,60)(H,61,62)(H,63,64);1H/t39-,40-,43+;/m1./s1. The number of rotatable bonds is 49. The molecule has 19 heteroatoms. The van der Waals surface area contributed by atoms with Gasteiger partial charge in [-0.15, -0.1) is 0 Å². The fraction of sp³-hybridized carbons (Fsp3) is 0.796. The van der Waals surface area contributed by atoms with Crippen LogP contribution >= 0.6 is 0 Å². The predicted octanol–water partition coefficient (Wildman–Crippen LogP) is 5.47. The highest BCUT2D eigenvalue weighted by Gasteiger charge is 2.25. The molecule has 0 aliphatic carbocycles. The summed E-state index contributed by atoms with van der Waals surface area (Å²) in [6.45, 7) is 3.88. The summed E-state index contributed by atoms with van der Waals surface area (Å²) in [6, 6.07) is -0.818. The number of H-pyrrole nitrogens is 1. The Morgan fingerprint density at radius 1 is 0.588 bits per heavy atom. The molecular formula is C49H88N6O13.